The van der Waals surface area contributed by atoms with Crippen molar-refractivity contribution in [2.45, 2.75) is 56.8 Å². The highest BCUT2D eigenvalue weighted by molar-refractivity contribution is 6.34. The Kier molecular flexibility index (Phi) is 6.94. The Morgan fingerprint density at radius 1 is 1.05 bits per heavy atom. The number of aliphatic hydroxyl groups excluding tert-OH is 1. The van der Waals surface area contributed by atoms with Gasteiger partial charge in [-0.05, 0) is 44.4 Å². The number of carbonyl (C=O) groups excluding carboxylic acids is 3. The molecule has 0 saturated carbocycles. The van der Waals surface area contributed by atoms with Crippen molar-refractivity contribution < 1.29 is 29.0 Å². The lowest BCUT2D eigenvalue weighted by atomic mass is 9.75. The fourth-order valence-corrected chi connectivity index (χ4v) is 6.83. The van der Waals surface area contributed by atoms with Crippen molar-refractivity contribution in [2.24, 2.45) is 11.8 Å². The number of esters is 1. The largest absolute Gasteiger partial charge is 0.461 e. The highest BCUT2D eigenvalue weighted by Crippen LogP contribution is 2.57. The molecule has 1 unspecified atom stereocenters. The number of carbonyl (C=O) groups is 3. The van der Waals surface area contributed by atoms with Crippen molar-refractivity contribution in [3.8, 4) is 0 Å². The van der Waals surface area contributed by atoms with Gasteiger partial charge in [-0.25, -0.2) is 0 Å². The van der Waals surface area contributed by atoms with Crippen LogP contribution in [0.2, 0.25) is 5.02 Å². The molecule has 5 atom stereocenters. The molecule has 2 saturated heterocycles. The van der Waals surface area contributed by atoms with Crippen LogP contribution < -0.4 is 4.90 Å². The number of ether oxygens (including phenoxy) is 2. The number of likely N-dealkylation sites (tertiary alicyclic amines) is 1. The summed E-state index contributed by atoms with van der Waals surface area (Å²) in [6, 6.07) is 4.52. The highest BCUT2D eigenvalue weighted by Gasteiger charge is 2.74. The van der Waals surface area contributed by atoms with Crippen LogP contribution in [-0.2, 0) is 23.9 Å². The summed E-state index contributed by atoms with van der Waals surface area (Å²) in [6.45, 7) is 4.53. The first-order chi connectivity index (χ1) is 17.7. The summed E-state index contributed by atoms with van der Waals surface area (Å²) < 4.78 is 12.1. The molecular weight excluding hydrogens is 496 g/mol. The SMILES string of the molecule is Cc1cccc(Cl)c1N1CC=C[C@]23O[C@@]4(C)C=CCOC(=O)[C@H]4[C@H]2C(=O)N(CCCCCCO)C3C1=O. The fourth-order valence-electron chi connectivity index (χ4n) is 6.51. The van der Waals surface area contributed by atoms with Crippen molar-refractivity contribution in [2.75, 3.05) is 31.2 Å². The number of fused-ring (bicyclic) bond motifs is 2. The van der Waals surface area contributed by atoms with Crippen LogP contribution in [0.25, 0.3) is 0 Å². The molecule has 1 N–H and O–H groups in total. The molecule has 4 aliphatic rings. The second-order valence-electron chi connectivity index (χ2n) is 10.5. The Balaban J connectivity index is 1.59. The zero-order valence-electron chi connectivity index (χ0n) is 21.2. The normalized spacial score (nSPS) is 32.6. The molecule has 5 rings (SSSR count). The van der Waals surface area contributed by atoms with Crippen LogP contribution in [0.5, 0.6) is 0 Å². The van der Waals surface area contributed by atoms with E-state index >= 15 is 0 Å². The Bertz CT molecular complexity index is 1150. The number of hydrogen-bond acceptors (Lipinski definition) is 6. The summed E-state index contributed by atoms with van der Waals surface area (Å²) in [6.07, 6.45) is 10.2. The second kappa shape index (κ2) is 9.89. The molecule has 4 heterocycles. The first-order valence-corrected chi connectivity index (χ1v) is 13.3. The summed E-state index contributed by atoms with van der Waals surface area (Å²) >= 11 is 6.57. The third-order valence-corrected chi connectivity index (χ3v) is 8.38. The molecular formula is C28H33ClN2O6. The van der Waals surface area contributed by atoms with E-state index in [4.69, 9.17) is 26.2 Å². The maximum absolute atomic E-state index is 14.4. The number of hydrogen-bond donors (Lipinski definition) is 1. The first kappa shape index (κ1) is 25.9. The molecule has 1 spiro atoms. The molecule has 4 aliphatic heterocycles. The second-order valence-corrected chi connectivity index (χ2v) is 10.9. The summed E-state index contributed by atoms with van der Waals surface area (Å²) in [5, 5.41) is 9.56. The number of amides is 2. The average molecular weight is 529 g/mol. The highest BCUT2D eigenvalue weighted by atomic mass is 35.5. The molecule has 198 valence electrons. The monoisotopic (exact) mass is 528 g/mol. The minimum atomic E-state index is -1.32. The number of nitrogens with zero attached hydrogens (tertiary/aromatic N) is 2. The fraction of sp³-hybridized carbons (Fsp3) is 0.536. The zero-order chi connectivity index (χ0) is 26.4. The number of para-hydroxylation sites is 1. The van der Waals surface area contributed by atoms with Gasteiger partial charge in [0.05, 0.1) is 22.2 Å². The molecule has 37 heavy (non-hydrogen) atoms. The molecule has 0 radical (unpaired) electrons. The molecule has 2 fully saturated rings. The number of benzene rings is 1. The van der Waals surface area contributed by atoms with Crippen LogP contribution in [-0.4, -0.2) is 71.3 Å². The third-order valence-electron chi connectivity index (χ3n) is 8.08. The molecule has 1 aromatic carbocycles. The van der Waals surface area contributed by atoms with Gasteiger partial charge in [0.1, 0.15) is 24.2 Å². The van der Waals surface area contributed by atoms with Gasteiger partial charge >= 0.3 is 5.97 Å². The van der Waals surface area contributed by atoms with Gasteiger partial charge in [0, 0.05) is 19.7 Å². The molecule has 2 amide bonds. The van der Waals surface area contributed by atoms with Crippen molar-refractivity contribution in [3.63, 3.8) is 0 Å². The third kappa shape index (κ3) is 4.10. The number of aliphatic hydroxyl groups is 1. The summed E-state index contributed by atoms with van der Waals surface area (Å²) in [5.41, 5.74) is -0.951. The standard InChI is InChI=1S/C28H33ClN2O6/c1-18-10-7-11-19(29)22(18)30-15-8-13-28-20(21-26(35)36-17-9-12-27(21,2)37-28)24(33)31(23(28)25(30)34)14-5-3-4-6-16-32/h7-13,20-21,23,32H,3-6,14-17H2,1-2H3/t20-,21+,23?,27-,28-/m0/s1. The Morgan fingerprint density at radius 2 is 1.84 bits per heavy atom. The van der Waals surface area contributed by atoms with Crippen LogP contribution in [0.3, 0.4) is 0 Å². The average Bonchev–Trinajstić information content (AvgIpc) is 3.10. The van der Waals surface area contributed by atoms with E-state index < -0.39 is 35.0 Å². The van der Waals surface area contributed by atoms with E-state index in [2.05, 4.69) is 0 Å². The van der Waals surface area contributed by atoms with Gasteiger partial charge in [-0.15, -0.1) is 0 Å². The van der Waals surface area contributed by atoms with E-state index in [1.54, 1.807) is 34.9 Å². The van der Waals surface area contributed by atoms with Gasteiger partial charge in [0.25, 0.3) is 5.91 Å². The van der Waals surface area contributed by atoms with Crippen LogP contribution in [0, 0.1) is 18.8 Å². The van der Waals surface area contributed by atoms with E-state index in [1.165, 1.54) is 0 Å². The lowest BCUT2D eigenvalue weighted by Crippen LogP contribution is -2.56. The molecule has 0 aromatic heterocycles. The van der Waals surface area contributed by atoms with Crippen molar-refractivity contribution >= 4 is 35.1 Å². The van der Waals surface area contributed by atoms with Gasteiger partial charge in [0.2, 0.25) is 5.91 Å². The summed E-state index contributed by atoms with van der Waals surface area (Å²) in [5.74, 6) is -2.81. The number of cyclic esters (lactones) is 1. The minimum absolute atomic E-state index is 0.120. The van der Waals surface area contributed by atoms with Gasteiger partial charge in [-0.3, -0.25) is 14.4 Å². The van der Waals surface area contributed by atoms with Gasteiger partial charge < -0.3 is 24.4 Å². The number of anilines is 1. The molecule has 0 bridgehead atoms. The van der Waals surface area contributed by atoms with E-state index in [-0.39, 0.29) is 31.6 Å². The quantitative estimate of drug-likeness (QED) is 0.332. The van der Waals surface area contributed by atoms with Gasteiger partial charge in [0.15, 0.2) is 0 Å². The predicted molar refractivity (Wildman–Crippen MR) is 138 cm³/mol. The number of unbranched alkanes of at least 4 members (excludes halogenated alkanes) is 3. The summed E-state index contributed by atoms with van der Waals surface area (Å²) in [4.78, 5) is 44.9. The number of halogens is 1. The van der Waals surface area contributed by atoms with Crippen LogP contribution in [0.15, 0.2) is 42.5 Å². The van der Waals surface area contributed by atoms with E-state index in [9.17, 15) is 14.4 Å². The van der Waals surface area contributed by atoms with Crippen LogP contribution >= 0.6 is 11.6 Å². The molecule has 9 heteroatoms. The lowest BCUT2D eigenvalue weighted by Gasteiger charge is -2.37. The molecule has 8 nitrogen and oxygen atoms in total. The summed E-state index contributed by atoms with van der Waals surface area (Å²) in [7, 11) is 0. The van der Waals surface area contributed by atoms with Crippen LogP contribution in [0.4, 0.5) is 5.69 Å². The van der Waals surface area contributed by atoms with Gasteiger partial charge in [-0.2, -0.15) is 0 Å². The van der Waals surface area contributed by atoms with Crippen molar-refractivity contribution in [1.29, 1.82) is 0 Å². The first-order valence-electron chi connectivity index (χ1n) is 13.0. The van der Waals surface area contributed by atoms with Crippen molar-refractivity contribution in [1.82, 2.24) is 4.90 Å². The maximum Gasteiger partial charge on any atom is 0.313 e. The van der Waals surface area contributed by atoms with E-state index in [0.717, 1.165) is 18.4 Å². The van der Waals surface area contributed by atoms with E-state index in [0.29, 0.717) is 30.1 Å². The van der Waals surface area contributed by atoms with E-state index in [1.807, 2.05) is 31.2 Å². The van der Waals surface area contributed by atoms with Crippen LogP contribution in [0.1, 0.15) is 38.2 Å². The molecule has 0 aliphatic carbocycles. The smallest absolute Gasteiger partial charge is 0.313 e. The maximum atomic E-state index is 14.4. The topological polar surface area (TPSA) is 96.4 Å². The Labute approximate surface area is 221 Å². The lowest BCUT2D eigenvalue weighted by molar-refractivity contribution is -0.156. The number of aryl methyl sites for hydroxylation is 1. The Morgan fingerprint density at radius 3 is 2.59 bits per heavy atom. The predicted octanol–water partition coefficient (Wildman–Crippen LogP) is 3.19. The van der Waals surface area contributed by atoms with Gasteiger partial charge in [-0.1, -0.05) is 54.8 Å². The number of rotatable bonds is 7. The molecule has 1 aromatic rings. The van der Waals surface area contributed by atoms with Crippen molar-refractivity contribution in [3.05, 3.63) is 53.1 Å². The minimum Gasteiger partial charge on any atom is -0.461 e. The zero-order valence-corrected chi connectivity index (χ0v) is 21.9. The Hall–Kier alpha value is -2.68.